The number of methoxy groups -OCH3 is 1. The maximum atomic E-state index is 12.1. The molecular weight excluding hydrogens is 248 g/mol. The van der Waals surface area contributed by atoms with Gasteiger partial charge in [-0.3, -0.25) is 4.79 Å². The Bertz CT molecular complexity index is 325. The fourth-order valence-corrected chi connectivity index (χ4v) is 2.19. The zero-order chi connectivity index (χ0) is 14.5. The number of amides is 2. The van der Waals surface area contributed by atoms with Crippen LogP contribution in [0.1, 0.15) is 39.5 Å². The third-order valence-electron chi connectivity index (χ3n) is 3.55. The van der Waals surface area contributed by atoms with E-state index in [-0.39, 0.29) is 18.6 Å². The van der Waals surface area contributed by atoms with Crippen LogP contribution in [0.15, 0.2) is 0 Å². The molecule has 0 aliphatic heterocycles. The van der Waals surface area contributed by atoms with Crippen LogP contribution in [0.2, 0.25) is 0 Å². The van der Waals surface area contributed by atoms with E-state index in [0.717, 1.165) is 25.7 Å². The Kier molecular flexibility index (Phi) is 5.60. The Labute approximate surface area is 114 Å². The van der Waals surface area contributed by atoms with Crippen LogP contribution in [0.3, 0.4) is 0 Å². The number of aliphatic carboxylic acids is 1. The van der Waals surface area contributed by atoms with Crippen molar-refractivity contribution in [3.05, 3.63) is 0 Å². The summed E-state index contributed by atoms with van der Waals surface area (Å²) in [5.41, 5.74) is -0.458. The van der Waals surface area contributed by atoms with Crippen molar-refractivity contribution in [3.63, 3.8) is 0 Å². The van der Waals surface area contributed by atoms with Gasteiger partial charge in [-0.05, 0) is 26.7 Å². The lowest BCUT2D eigenvalue weighted by Gasteiger charge is -2.30. The quantitative estimate of drug-likeness (QED) is 0.767. The second-order valence-corrected chi connectivity index (χ2v) is 5.58. The van der Waals surface area contributed by atoms with Gasteiger partial charge in [0.25, 0.3) is 0 Å². The molecule has 1 aliphatic rings. The highest BCUT2D eigenvalue weighted by molar-refractivity contribution is 5.80. The standard InChI is InChI=1S/C13H24N2O4/c1-13(2,19-3)9-14-12(18)15(8-11(16)17)10-6-4-5-7-10/h10H,4-9H2,1-3H3,(H,14,18)(H,16,17). The number of nitrogens with one attached hydrogen (secondary N) is 1. The van der Waals surface area contributed by atoms with E-state index >= 15 is 0 Å². The summed E-state index contributed by atoms with van der Waals surface area (Å²) in [5.74, 6) is -0.979. The third-order valence-corrected chi connectivity index (χ3v) is 3.55. The predicted molar refractivity (Wildman–Crippen MR) is 71.1 cm³/mol. The van der Waals surface area contributed by atoms with Crippen LogP contribution in [0.5, 0.6) is 0 Å². The van der Waals surface area contributed by atoms with Gasteiger partial charge in [0.2, 0.25) is 0 Å². The summed E-state index contributed by atoms with van der Waals surface area (Å²) in [5, 5.41) is 11.7. The first-order valence-electron chi connectivity index (χ1n) is 6.67. The molecule has 0 aromatic carbocycles. The monoisotopic (exact) mass is 272 g/mol. The highest BCUT2D eigenvalue weighted by Gasteiger charge is 2.29. The number of hydrogen-bond acceptors (Lipinski definition) is 3. The largest absolute Gasteiger partial charge is 0.480 e. The molecule has 0 saturated heterocycles. The maximum Gasteiger partial charge on any atom is 0.323 e. The molecule has 0 bridgehead atoms. The highest BCUT2D eigenvalue weighted by Crippen LogP contribution is 2.23. The minimum absolute atomic E-state index is 0.0433. The summed E-state index contributed by atoms with van der Waals surface area (Å²) in [6, 6.07) is -0.277. The average molecular weight is 272 g/mol. The Morgan fingerprint density at radius 3 is 2.42 bits per heavy atom. The van der Waals surface area contributed by atoms with Crippen molar-refractivity contribution >= 4 is 12.0 Å². The summed E-state index contributed by atoms with van der Waals surface area (Å²) < 4.78 is 5.22. The molecule has 1 fully saturated rings. The number of carbonyl (C=O) groups excluding carboxylic acids is 1. The van der Waals surface area contributed by atoms with Gasteiger partial charge in [-0.2, -0.15) is 0 Å². The summed E-state index contributed by atoms with van der Waals surface area (Å²) in [7, 11) is 1.58. The number of carboxylic acids is 1. The lowest BCUT2D eigenvalue weighted by atomic mass is 10.1. The number of carbonyl (C=O) groups is 2. The topological polar surface area (TPSA) is 78.9 Å². The maximum absolute atomic E-state index is 12.1. The highest BCUT2D eigenvalue weighted by atomic mass is 16.5. The average Bonchev–Trinajstić information content (AvgIpc) is 2.86. The van der Waals surface area contributed by atoms with Gasteiger partial charge in [-0.25, -0.2) is 4.79 Å². The van der Waals surface area contributed by atoms with E-state index in [1.807, 2.05) is 13.8 Å². The van der Waals surface area contributed by atoms with Crippen molar-refractivity contribution in [2.45, 2.75) is 51.2 Å². The lowest BCUT2D eigenvalue weighted by molar-refractivity contribution is -0.138. The molecule has 1 aliphatic carbocycles. The van der Waals surface area contributed by atoms with Gasteiger partial charge >= 0.3 is 12.0 Å². The molecule has 0 atom stereocenters. The van der Waals surface area contributed by atoms with E-state index in [2.05, 4.69) is 5.32 Å². The zero-order valence-electron chi connectivity index (χ0n) is 11.9. The summed E-state index contributed by atoms with van der Waals surface area (Å²) in [6.45, 7) is 3.84. The second-order valence-electron chi connectivity index (χ2n) is 5.58. The molecule has 0 unspecified atom stereocenters. The van der Waals surface area contributed by atoms with E-state index in [0.29, 0.717) is 6.54 Å². The minimum atomic E-state index is -0.979. The molecule has 2 amide bonds. The molecule has 6 heteroatoms. The van der Waals surface area contributed by atoms with Crippen molar-refractivity contribution in [3.8, 4) is 0 Å². The molecule has 110 valence electrons. The zero-order valence-corrected chi connectivity index (χ0v) is 11.9. The minimum Gasteiger partial charge on any atom is -0.480 e. The molecule has 0 radical (unpaired) electrons. The molecule has 6 nitrogen and oxygen atoms in total. The number of rotatable bonds is 6. The van der Waals surface area contributed by atoms with Gasteiger partial charge in [0.15, 0.2) is 0 Å². The molecule has 1 saturated carbocycles. The van der Waals surface area contributed by atoms with Crippen molar-refractivity contribution in [2.24, 2.45) is 0 Å². The van der Waals surface area contributed by atoms with Crippen molar-refractivity contribution in [2.75, 3.05) is 20.2 Å². The Morgan fingerprint density at radius 2 is 1.95 bits per heavy atom. The number of nitrogens with zero attached hydrogens (tertiary/aromatic N) is 1. The van der Waals surface area contributed by atoms with Gasteiger partial charge in [0.05, 0.1) is 5.60 Å². The summed E-state index contributed by atoms with van der Waals surface area (Å²) in [4.78, 5) is 24.4. The van der Waals surface area contributed by atoms with Crippen LogP contribution in [0.25, 0.3) is 0 Å². The first kappa shape index (κ1) is 15.8. The number of ether oxygens (including phenoxy) is 1. The van der Waals surface area contributed by atoms with Gasteiger partial charge in [-0.15, -0.1) is 0 Å². The normalized spacial score (nSPS) is 16.4. The fraction of sp³-hybridized carbons (Fsp3) is 0.846. The van der Waals surface area contributed by atoms with Gasteiger partial charge < -0.3 is 20.1 Å². The van der Waals surface area contributed by atoms with Crippen molar-refractivity contribution in [1.82, 2.24) is 10.2 Å². The van der Waals surface area contributed by atoms with Crippen LogP contribution in [0.4, 0.5) is 4.79 Å². The molecule has 0 spiro atoms. The van der Waals surface area contributed by atoms with E-state index in [1.54, 1.807) is 7.11 Å². The van der Waals surface area contributed by atoms with Crippen LogP contribution in [-0.2, 0) is 9.53 Å². The van der Waals surface area contributed by atoms with Crippen LogP contribution in [0, 0.1) is 0 Å². The lowest BCUT2D eigenvalue weighted by Crippen LogP contribution is -2.50. The van der Waals surface area contributed by atoms with E-state index < -0.39 is 11.6 Å². The molecule has 19 heavy (non-hydrogen) atoms. The summed E-state index contributed by atoms with van der Waals surface area (Å²) in [6.07, 6.45) is 3.87. The first-order chi connectivity index (χ1) is 8.85. The fourth-order valence-electron chi connectivity index (χ4n) is 2.19. The molecule has 1 rings (SSSR count). The molecular formula is C13H24N2O4. The molecule has 0 heterocycles. The SMILES string of the molecule is COC(C)(C)CNC(=O)N(CC(=O)O)C1CCCC1. The number of carboxylic acid groups (broad SMARTS) is 1. The smallest absolute Gasteiger partial charge is 0.323 e. The number of hydrogen-bond donors (Lipinski definition) is 2. The number of urea groups is 1. The van der Waals surface area contributed by atoms with E-state index in [1.165, 1.54) is 4.90 Å². The van der Waals surface area contributed by atoms with E-state index in [9.17, 15) is 9.59 Å². The van der Waals surface area contributed by atoms with Crippen LogP contribution >= 0.6 is 0 Å². The molecule has 0 aromatic heterocycles. The second kappa shape index (κ2) is 6.75. The third kappa shape index (κ3) is 5.06. The first-order valence-corrected chi connectivity index (χ1v) is 6.67. The van der Waals surface area contributed by atoms with Crippen molar-refractivity contribution < 1.29 is 19.4 Å². The predicted octanol–water partition coefficient (Wildman–Crippen LogP) is 1.45. The van der Waals surface area contributed by atoms with Gasteiger partial charge in [0, 0.05) is 19.7 Å². The Balaban J connectivity index is 2.58. The Morgan fingerprint density at radius 1 is 1.37 bits per heavy atom. The molecule has 0 aromatic rings. The van der Waals surface area contributed by atoms with Crippen LogP contribution in [-0.4, -0.2) is 53.8 Å². The molecule has 2 N–H and O–H groups in total. The van der Waals surface area contributed by atoms with Crippen molar-refractivity contribution in [1.29, 1.82) is 0 Å². The van der Waals surface area contributed by atoms with E-state index in [4.69, 9.17) is 9.84 Å². The van der Waals surface area contributed by atoms with Crippen LogP contribution < -0.4 is 5.32 Å². The Hall–Kier alpha value is -1.30. The van der Waals surface area contributed by atoms with Gasteiger partial charge in [-0.1, -0.05) is 12.8 Å². The van der Waals surface area contributed by atoms with Gasteiger partial charge in [0.1, 0.15) is 6.54 Å². The summed E-state index contributed by atoms with van der Waals surface area (Å²) >= 11 is 0.